The Balaban J connectivity index is 2.00. The molecule has 30 heavy (non-hydrogen) atoms. The maximum atomic E-state index is 6.45. The van der Waals surface area contributed by atoms with Crippen LogP contribution in [0.25, 0.3) is 0 Å². The molecule has 0 saturated heterocycles. The van der Waals surface area contributed by atoms with Crippen LogP contribution < -0.4 is 9.47 Å². The van der Waals surface area contributed by atoms with Gasteiger partial charge in [-0.15, -0.1) is 0 Å². The molecule has 2 aromatic rings. The average molecular weight is 405 g/mol. The van der Waals surface area contributed by atoms with Gasteiger partial charge in [-0.1, -0.05) is 74.0 Å². The van der Waals surface area contributed by atoms with E-state index in [9.17, 15) is 0 Å². The minimum Gasteiger partial charge on any atom is -0.493 e. The lowest BCUT2D eigenvalue weighted by molar-refractivity contribution is 0.274. The third-order valence-electron chi connectivity index (χ3n) is 6.20. The molecule has 160 valence electrons. The molecule has 2 heteroatoms. The van der Waals surface area contributed by atoms with Gasteiger partial charge in [0.1, 0.15) is 6.61 Å². The van der Waals surface area contributed by atoms with Gasteiger partial charge in [-0.2, -0.15) is 0 Å². The number of hydrogen-bond donors (Lipinski definition) is 0. The minimum atomic E-state index is 0.463. The predicted octanol–water partition coefficient (Wildman–Crippen LogP) is 7.72. The smallest absolute Gasteiger partial charge is 0.165 e. The molecule has 0 aliphatic heterocycles. The normalized spacial score (nSPS) is 19.3. The van der Waals surface area contributed by atoms with E-state index in [1.165, 1.54) is 35.1 Å². The summed E-state index contributed by atoms with van der Waals surface area (Å²) in [5, 5.41) is 0. The topological polar surface area (TPSA) is 18.5 Å². The van der Waals surface area contributed by atoms with E-state index in [4.69, 9.17) is 9.47 Å². The molecule has 0 fully saturated rings. The lowest BCUT2D eigenvalue weighted by Crippen LogP contribution is -2.19. The molecular weight excluding hydrogens is 368 g/mol. The summed E-state index contributed by atoms with van der Waals surface area (Å²) in [5.41, 5.74) is 6.43. The highest BCUT2D eigenvalue weighted by Gasteiger charge is 2.32. The van der Waals surface area contributed by atoms with Gasteiger partial charge >= 0.3 is 0 Å². The lowest BCUT2D eigenvalue weighted by Gasteiger charge is -2.35. The molecule has 0 amide bonds. The summed E-state index contributed by atoms with van der Waals surface area (Å²) in [5.74, 6) is 3.26. The molecule has 1 aliphatic rings. The van der Waals surface area contributed by atoms with Crippen LogP contribution in [-0.2, 0) is 6.61 Å². The fraction of sp³-hybridized carbons (Fsp3) is 0.429. The molecule has 0 saturated carbocycles. The van der Waals surface area contributed by atoms with Crippen molar-refractivity contribution in [2.45, 2.75) is 65.9 Å². The zero-order valence-corrected chi connectivity index (χ0v) is 19.4. The summed E-state index contributed by atoms with van der Waals surface area (Å²) in [4.78, 5) is 0. The van der Waals surface area contributed by atoms with Gasteiger partial charge in [-0.3, -0.25) is 0 Å². The predicted molar refractivity (Wildman–Crippen MR) is 127 cm³/mol. The zero-order chi connectivity index (χ0) is 21.7. The molecule has 3 rings (SSSR count). The Morgan fingerprint density at radius 2 is 1.87 bits per heavy atom. The van der Waals surface area contributed by atoms with Gasteiger partial charge in [0.05, 0.1) is 7.11 Å². The number of rotatable bonds is 7. The van der Waals surface area contributed by atoms with Crippen molar-refractivity contribution in [1.82, 2.24) is 0 Å². The number of allylic oxidation sites excluding steroid dienone is 4. The van der Waals surface area contributed by atoms with Crippen LogP contribution >= 0.6 is 0 Å². The lowest BCUT2D eigenvalue weighted by atomic mass is 9.71. The second-order valence-electron chi connectivity index (χ2n) is 8.91. The maximum absolute atomic E-state index is 6.45. The van der Waals surface area contributed by atoms with Crippen molar-refractivity contribution in [1.29, 1.82) is 0 Å². The van der Waals surface area contributed by atoms with Crippen molar-refractivity contribution in [3.05, 3.63) is 82.5 Å². The van der Waals surface area contributed by atoms with Crippen molar-refractivity contribution in [3.63, 3.8) is 0 Å². The van der Waals surface area contributed by atoms with E-state index in [0.29, 0.717) is 24.4 Å². The van der Waals surface area contributed by atoms with Gasteiger partial charge in [0.15, 0.2) is 11.5 Å². The number of fused-ring (bicyclic) bond motifs is 1. The van der Waals surface area contributed by atoms with Gasteiger partial charge in [-0.25, -0.2) is 0 Å². The summed E-state index contributed by atoms with van der Waals surface area (Å²) >= 11 is 0. The summed E-state index contributed by atoms with van der Waals surface area (Å²) in [6, 6.07) is 12.7. The van der Waals surface area contributed by atoms with E-state index in [1.807, 2.05) is 6.07 Å². The molecule has 0 spiro atoms. The standard InChI is InChI=1S/C28H36O2/c1-19(2)11-10-12-20(3)24-16-15-21(4)26-25(24)17-22(5)27(29-6)28(26)30-18-23-13-8-7-9-14-23/h7-14,17,20-21,24H,15-16,18H2,1-6H3/t20?,21-,24?/m0/s1. The van der Waals surface area contributed by atoms with Crippen LogP contribution in [0, 0.1) is 12.8 Å². The number of hydrogen-bond acceptors (Lipinski definition) is 2. The van der Waals surface area contributed by atoms with E-state index < -0.39 is 0 Å². The minimum absolute atomic E-state index is 0.463. The Hall–Kier alpha value is -2.48. The first-order valence-electron chi connectivity index (χ1n) is 11.1. The van der Waals surface area contributed by atoms with Crippen LogP contribution in [0.4, 0.5) is 0 Å². The third kappa shape index (κ3) is 4.98. The van der Waals surface area contributed by atoms with Crippen molar-refractivity contribution in [3.8, 4) is 11.5 Å². The third-order valence-corrected chi connectivity index (χ3v) is 6.20. The Labute approximate surface area is 182 Å². The first-order chi connectivity index (χ1) is 14.4. The average Bonchev–Trinajstić information content (AvgIpc) is 2.72. The van der Waals surface area contributed by atoms with E-state index in [0.717, 1.165) is 17.1 Å². The largest absolute Gasteiger partial charge is 0.493 e. The van der Waals surface area contributed by atoms with Crippen molar-refractivity contribution in [2.75, 3.05) is 7.11 Å². The van der Waals surface area contributed by atoms with Gasteiger partial charge in [0.25, 0.3) is 0 Å². The highest BCUT2D eigenvalue weighted by atomic mass is 16.5. The molecule has 2 aromatic carbocycles. The number of methoxy groups -OCH3 is 1. The quantitative estimate of drug-likeness (QED) is 0.440. The van der Waals surface area contributed by atoms with Crippen molar-refractivity contribution >= 4 is 0 Å². The highest BCUT2D eigenvalue weighted by Crippen LogP contribution is 2.50. The maximum Gasteiger partial charge on any atom is 0.165 e. The molecule has 0 N–H and O–H groups in total. The molecule has 2 unspecified atom stereocenters. The fourth-order valence-corrected chi connectivity index (χ4v) is 4.58. The molecule has 0 bridgehead atoms. The highest BCUT2D eigenvalue weighted by molar-refractivity contribution is 5.58. The summed E-state index contributed by atoms with van der Waals surface area (Å²) in [6.45, 7) is 11.6. The van der Waals surface area contributed by atoms with E-state index in [1.54, 1.807) is 7.11 Å². The summed E-state index contributed by atoms with van der Waals surface area (Å²) < 4.78 is 12.3. The SMILES string of the molecule is COc1c(C)cc2c(c1OCc1ccccc1)[C@@H](C)CCC2C(C)C=CC=C(C)C. The van der Waals surface area contributed by atoms with E-state index >= 15 is 0 Å². The summed E-state index contributed by atoms with van der Waals surface area (Å²) in [6.07, 6.45) is 9.13. The van der Waals surface area contributed by atoms with Gasteiger partial charge in [0.2, 0.25) is 0 Å². The molecule has 3 atom stereocenters. The summed E-state index contributed by atoms with van der Waals surface area (Å²) in [7, 11) is 1.75. The van der Waals surface area contributed by atoms with Crippen LogP contribution in [0.3, 0.4) is 0 Å². The van der Waals surface area contributed by atoms with E-state index in [2.05, 4.69) is 83.2 Å². The van der Waals surface area contributed by atoms with Crippen LogP contribution in [0.5, 0.6) is 11.5 Å². The Morgan fingerprint density at radius 3 is 2.53 bits per heavy atom. The van der Waals surface area contributed by atoms with Gasteiger partial charge in [0, 0.05) is 5.56 Å². The van der Waals surface area contributed by atoms with Crippen LogP contribution in [0.15, 0.2) is 60.2 Å². The van der Waals surface area contributed by atoms with Gasteiger partial charge < -0.3 is 9.47 Å². The molecular formula is C28H36O2. The van der Waals surface area contributed by atoms with E-state index in [-0.39, 0.29) is 0 Å². The molecule has 1 aliphatic carbocycles. The second-order valence-corrected chi connectivity index (χ2v) is 8.91. The number of ether oxygens (including phenoxy) is 2. The second kappa shape index (κ2) is 10.0. The Kier molecular flexibility index (Phi) is 7.42. The van der Waals surface area contributed by atoms with Crippen molar-refractivity contribution < 1.29 is 9.47 Å². The zero-order valence-electron chi connectivity index (χ0n) is 19.4. The molecule has 2 nitrogen and oxygen atoms in total. The molecule has 0 heterocycles. The van der Waals surface area contributed by atoms with Crippen LogP contribution in [0.1, 0.15) is 74.6 Å². The molecule has 0 radical (unpaired) electrons. The number of benzene rings is 2. The van der Waals surface area contributed by atoms with Crippen LogP contribution in [-0.4, -0.2) is 7.11 Å². The van der Waals surface area contributed by atoms with Crippen LogP contribution in [0.2, 0.25) is 0 Å². The number of aryl methyl sites for hydroxylation is 1. The monoisotopic (exact) mass is 404 g/mol. The Bertz CT molecular complexity index is 904. The molecule has 0 aromatic heterocycles. The fourth-order valence-electron chi connectivity index (χ4n) is 4.58. The first-order valence-corrected chi connectivity index (χ1v) is 11.1. The first kappa shape index (κ1) is 22.2. The Morgan fingerprint density at radius 1 is 1.13 bits per heavy atom. The van der Waals surface area contributed by atoms with Gasteiger partial charge in [-0.05, 0) is 68.1 Å². The van der Waals surface area contributed by atoms with Crippen molar-refractivity contribution in [2.24, 2.45) is 5.92 Å².